The van der Waals surface area contributed by atoms with Crippen molar-refractivity contribution >= 4 is 17.5 Å². The van der Waals surface area contributed by atoms with Crippen LogP contribution in [0.15, 0.2) is 40.8 Å². The van der Waals surface area contributed by atoms with Crippen molar-refractivity contribution in [1.29, 1.82) is 0 Å². The van der Waals surface area contributed by atoms with Gasteiger partial charge in [0.05, 0.1) is 12.6 Å². The minimum atomic E-state index is -0.553. The van der Waals surface area contributed by atoms with E-state index < -0.39 is 4.92 Å². The van der Waals surface area contributed by atoms with Gasteiger partial charge in [0.2, 0.25) is 0 Å². The molecule has 1 heterocycles. The third-order valence-electron chi connectivity index (χ3n) is 2.37. The molecule has 6 heteroatoms. The number of nitro groups is 1. The quantitative estimate of drug-likeness (QED) is 0.667. The number of benzene rings is 1. The monoisotopic (exact) mass is 266 g/mol. The first-order chi connectivity index (χ1) is 8.65. The summed E-state index contributed by atoms with van der Waals surface area (Å²) < 4.78 is 5.02. The molecular formula is C12H11ClN2O3. The predicted octanol–water partition coefficient (Wildman–Crippen LogP) is 3.13. The smallest absolute Gasteiger partial charge is 0.404 e. The van der Waals surface area contributed by atoms with Gasteiger partial charge in [-0.3, -0.25) is 10.1 Å². The molecule has 0 unspecified atom stereocenters. The Kier molecular flexibility index (Phi) is 3.96. The minimum Gasteiger partial charge on any atom is -0.404 e. The molecule has 94 valence electrons. The molecule has 0 fully saturated rings. The Hall–Kier alpha value is -1.85. The largest absolute Gasteiger partial charge is 0.433 e. The number of hydrogen-bond donors (Lipinski definition) is 1. The molecule has 0 amide bonds. The average molecular weight is 267 g/mol. The number of nitrogens with one attached hydrogen (secondary N) is 1. The molecule has 0 aliphatic rings. The fraction of sp³-hybridized carbons (Fsp3) is 0.167. The van der Waals surface area contributed by atoms with Gasteiger partial charge >= 0.3 is 5.88 Å². The first-order valence-electron chi connectivity index (χ1n) is 5.33. The Bertz CT molecular complexity index is 537. The Morgan fingerprint density at radius 1 is 1.17 bits per heavy atom. The van der Waals surface area contributed by atoms with Gasteiger partial charge in [0.25, 0.3) is 0 Å². The molecule has 0 aliphatic carbocycles. The van der Waals surface area contributed by atoms with Crippen molar-refractivity contribution in [1.82, 2.24) is 5.32 Å². The average Bonchev–Trinajstić information content (AvgIpc) is 2.81. The van der Waals surface area contributed by atoms with Crippen LogP contribution in [0, 0.1) is 10.1 Å². The fourth-order valence-electron chi connectivity index (χ4n) is 1.49. The summed E-state index contributed by atoms with van der Waals surface area (Å²) in [5.74, 6) is 0.300. The summed E-state index contributed by atoms with van der Waals surface area (Å²) in [6.07, 6.45) is 0. The molecule has 2 rings (SSSR count). The van der Waals surface area contributed by atoms with Crippen LogP contribution in [0.3, 0.4) is 0 Å². The van der Waals surface area contributed by atoms with Crippen LogP contribution >= 0.6 is 11.6 Å². The predicted molar refractivity (Wildman–Crippen MR) is 67.4 cm³/mol. The van der Waals surface area contributed by atoms with Crippen molar-refractivity contribution in [3.05, 3.63) is 62.9 Å². The van der Waals surface area contributed by atoms with Crippen molar-refractivity contribution in [3.63, 3.8) is 0 Å². The molecule has 2 aromatic rings. The third-order valence-corrected chi connectivity index (χ3v) is 2.62. The van der Waals surface area contributed by atoms with E-state index in [0.717, 1.165) is 5.56 Å². The van der Waals surface area contributed by atoms with Gasteiger partial charge in [-0.25, -0.2) is 0 Å². The van der Waals surface area contributed by atoms with Crippen LogP contribution < -0.4 is 5.32 Å². The Morgan fingerprint density at radius 3 is 2.50 bits per heavy atom. The van der Waals surface area contributed by atoms with E-state index in [1.807, 2.05) is 24.3 Å². The molecule has 0 bridgehead atoms. The maximum atomic E-state index is 10.4. The SMILES string of the molecule is O=[N+]([O-])c1ccc(CNCc2ccc(Cl)cc2)o1. The van der Waals surface area contributed by atoms with Gasteiger partial charge in [-0.05, 0) is 23.8 Å². The summed E-state index contributed by atoms with van der Waals surface area (Å²) >= 11 is 5.77. The van der Waals surface area contributed by atoms with E-state index >= 15 is 0 Å². The van der Waals surface area contributed by atoms with E-state index in [1.165, 1.54) is 6.07 Å². The number of halogens is 1. The summed E-state index contributed by atoms with van der Waals surface area (Å²) in [6.45, 7) is 1.09. The first kappa shape index (κ1) is 12.6. The molecule has 0 spiro atoms. The molecule has 0 atom stereocenters. The lowest BCUT2D eigenvalue weighted by atomic mass is 10.2. The highest BCUT2D eigenvalue weighted by molar-refractivity contribution is 6.30. The van der Waals surface area contributed by atoms with Crippen LogP contribution in [0.4, 0.5) is 5.88 Å². The van der Waals surface area contributed by atoms with Gasteiger partial charge in [0.1, 0.15) is 10.7 Å². The van der Waals surface area contributed by atoms with Crippen LogP contribution in [0.1, 0.15) is 11.3 Å². The van der Waals surface area contributed by atoms with E-state index in [2.05, 4.69) is 5.32 Å². The third kappa shape index (κ3) is 3.32. The minimum absolute atomic E-state index is 0.238. The zero-order valence-corrected chi connectivity index (χ0v) is 10.2. The summed E-state index contributed by atoms with van der Waals surface area (Å²) in [5, 5.41) is 14.2. The molecule has 0 aliphatic heterocycles. The molecule has 1 N–H and O–H groups in total. The van der Waals surface area contributed by atoms with Gasteiger partial charge in [-0.1, -0.05) is 23.7 Å². The van der Waals surface area contributed by atoms with Crippen LogP contribution in [0.2, 0.25) is 5.02 Å². The van der Waals surface area contributed by atoms with Crippen molar-refractivity contribution in [2.24, 2.45) is 0 Å². The van der Waals surface area contributed by atoms with Crippen molar-refractivity contribution in [2.45, 2.75) is 13.1 Å². The van der Waals surface area contributed by atoms with E-state index in [1.54, 1.807) is 6.07 Å². The maximum Gasteiger partial charge on any atom is 0.433 e. The van der Waals surface area contributed by atoms with Crippen LogP contribution in [0.5, 0.6) is 0 Å². The second-order valence-electron chi connectivity index (χ2n) is 3.73. The highest BCUT2D eigenvalue weighted by Crippen LogP contribution is 2.15. The lowest BCUT2D eigenvalue weighted by Crippen LogP contribution is -2.11. The van der Waals surface area contributed by atoms with Crippen LogP contribution in [-0.2, 0) is 13.1 Å². The molecule has 0 saturated heterocycles. The Balaban J connectivity index is 1.84. The second kappa shape index (κ2) is 5.66. The lowest BCUT2D eigenvalue weighted by molar-refractivity contribution is -0.402. The standard InChI is InChI=1S/C12H11ClN2O3/c13-10-3-1-9(2-4-10)7-14-8-11-5-6-12(18-11)15(16)17/h1-6,14H,7-8H2. The van der Waals surface area contributed by atoms with E-state index in [0.29, 0.717) is 23.9 Å². The number of furan rings is 1. The van der Waals surface area contributed by atoms with Crippen molar-refractivity contribution in [3.8, 4) is 0 Å². The van der Waals surface area contributed by atoms with E-state index in [4.69, 9.17) is 16.0 Å². The summed E-state index contributed by atoms with van der Waals surface area (Å²) in [7, 11) is 0. The summed E-state index contributed by atoms with van der Waals surface area (Å²) in [5.41, 5.74) is 1.08. The molecule has 1 aromatic heterocycles. The van der Waals surface area contributed by atoms with Gasteiger partial charge in [-0.2, -0.15) is 0 Å². The number of nitrogens with zero attached hydrogens (tertiary/aromatic N) is 1. The molecule has 18 heavy (non-hydrogen) atoms. The molecule has 0 radical (unpaired) electrons. The van der Waals surface area contributed by atoms with Crippen molar-refractivity contribution in [2.75, 3.05) is 0 Å². The lowest BCUT2D eigenvalue weighted by Gasteiger charge is -2.02. The van der Waals surface area contributed by atoms with Crippen LogP contribution in [0.25, 0.3) is 0 Å². The molecule has 1 aromatic carbocycles. The highest BCUT2D eigenvalue weighted by atomic mass is 35.5. The number of rotatable bonds is 5. The second-order valence-corrected chi connectivity index (χ2v) is 4.16. The van der Waals surface area contributed by atoms with Crippen molar-refractivity contribution < 1.29 is 9.34 Å². The van der Waals surface area contributed by atoms with Gasteiger partial charge in [0.15, 0.2) is 0 Å². The summed E-state index contributed by atoms with van der Waals surface area (Å²) in [4.78, 5) is 9.87. The Labute approximate surface area is 109 Å². The van der Waals surface area contributed by atoms with Gasteiger partial charge in [-0.15, -0.1) is 0 Å². The van der Waals surface area contributed by atoms with Gasteiger partial charge in [0, 0.05) is 11.6 Å². The Morgan fingerprint density at radius 2 is 1.89 bits per heavy atom. The highest BCUT2D eigenvalue weighted by Gasteiger charge is 2.10. The maximum absolute atomic E-state index is 10.4. The first-order valence-corrected chi connectivity index (χ1v) is 5.71. The molecule has 0 saturated carbocycles. The van der Waals surface area contributed by atoms with E-state index in [9.17, 15) is 10.1 Å². The number of hydrogen-bond acceptors (Lipinski definition) is 4. The normalized spacial score (nSPS) is 10.5. The zero-order valence-electron chi connectivity index (χ0n) is 9.43. The molecule has 5 nitrogen and oxygen atoms in total. The van der Waals surface area contributed by atoms with Crippen LogP contribution in [-0.4, -0.2) is 4.92 Å². The van der Waals surface area contributed by atoms with Gasteiger partial charge < -0.3 is 9.73 Å². The molecular weight excluding hydrogens is 256 g/mol. The topological polar surface area (TPSA) is 68.3 Å². The summed E-state index contributed by atoms with van der Waals surface area (Å²) in [6, 6.07) is 10.4. The zero-order chi connectivity index (χ0) is 13.0. The fourth-order valence-corrected chi connectivity index (χ4v) is 1.62. The van der Waals surface area contributed by atoms with E-state index in [-0.39, 0.29) is 5.88 Å².